The lowest BCUT2D eigenvalue weighted by molar-refractivity contribution is -0.151. The Balaban J connectivity index is 1.90. The Labute approximate surface area is 246 Å². The molecule has 42 heavy (non-hydrogen) atoms. The van der Waals surface area contributed by atoms with Gasteiger partial charge in [-0.1, -0.05) is 25.3 Å². The highest BCUT2D eigenvalue weighted by Gasteiger charge is 2.28. The van der Waals surface area contributed by atoms with E-state index >= 15 is 0 Å². The van der Waals surface area contributed by atoms with Crippen LogP contribution in [0.2, 0.25) is 0 Å². The van der Waals surface area contributed by atoms with E-state index in [0.29, 0.717) is 22.8 Å². The van der Waals surface area contributed by atoms with Crippen LogP contribution in [0.25, 0.3) is 11.3 Å². The van der Waals surface area contributed by atoms with Gasteiger partial charge >= 0.3 is 12.1 Å². The lowest BCUT2D eigenvalue weighted by Gasteiger charge is -2.25. The van der Waals surface area contributed by atoms with Crippen molar-refractivity contribution in [1.29, 1.82) is 0 Å². The van der Waals surface area contributed by atoms with Crippen molar-refractivity contribution in [1.82, 2.24) is 20.4 Å². The number of aromatic nitrogens is 2. The second-order valence-electron chi connectivity index (χ2n) is 11.2. The molecule has 0 bridgehead atoms. The summed E-state index contributed by atoms with van der Waals surface area (Å²) in [5, 5.41) is 10.2. The molecule has 0 aliphatic heterocycles. The molecule has 0 unspecified atom stereocenters. The number of amides is 2. The molecule has 1 aliphatic rings. The van der Waals surface area contributed by atoms with Crippen molar-refractivity contribution in [3.05, 3.63) is 30.0 Å². The number of benzene rings is 1. The summed E-state index contributed by atoms with van der Waals surface area (Å²) in [6.45, 7) is 5.32. The Bertz CT molecular complexity index is 1240. The van der Waals surface area contributed by atoms with Gasteiger partial charge in [0.1, 0.15) is 17.1 Å². The summed E-state index contributed by atoms with van der Waals surface area (Å²) in [5.41, 5.74) is 0.810. The summed E-state index contributed by atoms with van der Waals surface area (Å²) in [5.74, 6) is -1.19. The number of methoxy groups -OCH3 is 3. The maximum atomic E-state index is 13.6. The van der Waals surface area contributed by atoms with Gasteiger partial charge in [-0.05, 0) is 58.2 Å². The molecule has 1 saturated carbocycles. The van der Waals surface area contributed by atoms with Crippen LogP contribution >= 0.6 is 0 Å². The third-order valence-corrected chi connectivity index (χ3v) is 6.91. The molecule has 12 heteroatoms. The first-order valence-electron chi connectivity index (χ1n) is 14.2. The normalized spacial score (nSPS) is 14.4. The molecule has 1 aliphatic carbocycles. The zero-order valence-electron chi connectivity index (χ0n) is 25.3. The summed E-state index contributed by atoms with van der Waals surface area (Å²) in [6, 6.07) is 6.44. The number of ether oxygens (including phenoxy) is 4. The zero-order valence-corrected chi connectivity index (χ0v) is 25.3. The molecule has 1 aromatic carbocycles. The molecule has 12 nitrogen and oxygen atoms in total. The molecule has 1 aromatic heterocycles. The number of esters is 1. The SMILES string of the molecule is COC(=O)C(=O)C[C@H](CCNC(=O)OC(C)(C)C)NC(=O)c1cc(-c2c(OC)cccc2OC)n(C2CCCCC2)n1. The molecule has 0 radical (unpaired) electrons. The Morgan fingerprint density at radius 2 is 1.67 bits per heavy atom. The van der Waals surface area contributed by atoms with Crippen molar-refractivity contribution in [2.75, 3.05) is 27.9 Å². The topological polar surface area (TPSA) is 147 Å². The van der Waals surface area contributed by atoms with Crippen LogP contribution in [0.3, 0.4) is 0 Å². The highest BCUT2D eigenvalue weighted by Crippen LogP contribution is 2.41. The van der Waals surface area contributed by atoms with Gasteiger partial charge in [0, 0.05) is 19.0 Å². The van der Waals surface area contributed by atoms with Gasteiger partial charge in [-0.2, -0.15) is 5.10 Å². The summed E-state index contributed by atoms with van der Waals surface area (Å²) in [6.07, 6.45) is 4.29. The molecule has 1 heterocycles. The summed E-state index contributed by atoms with van der Waals surface area (Å²) >= 11 is 0. The predicted molar refractivity (Wildman–Crippen MR) is 155 cm³/mol. The fraction of sp³-hybridized carbons (Fsp3) is 0.567. The van der Waals surface area contributed by atoms with Gasteiger partial charge in [0.25, 0.3) is 5.91 Å². The number of nitrogens with one attached hydrogen (secondary N) is 2. The van der Waals surface area contributed by atoms with Crippen molar-refractivity contribution in [3.8, 4) is 22.8 Å². The Hall–Kier alpha value is -4.09. The van der Waals surface area contributed by atoms with Gasteiger partial charge in [-0.3, -0.25) is 14.3 Å². The summed E-state index contributed by atoms with van der Waals surface area (Å²) in [4.78, 5) is 49.9. The maximum Gasteiger partial charge on any atom is 0.407 e. The van der Waals surface area contributed by atoms with Crippen LogP contribution in [0.4, 0.5) is 4.79 Å². The van der Waals surface area contributed by atoms with E-state index in [1.54, 1.807) is 41.1 Å². The number of carbonyl (C=O) groups is 4. The van der Waals surface area contributed by atoms with Crippen molar-refractivity contribution in [2.45, 2.75) is 83.4 Å². The monoisotopic (exact) mass is 586 g/mol. The minimum Gasteiger partial charge on any atom is -0.496 e. The predicted octanol–water partition coefficient (Wildman–Crippen LogP) is 4.22. The van der Waals surface area contributed by atoms with Gasteiger partial charge in [0.2, 0.25) is 5.78 Å². The average Bonchev–Trinajstić information content (AvgIpc) is 3.40. The minimum atomic E-state index is -1.01. The fourth-order valence-corrected chi connectivity index (χ4v) is 4.97. The largest absolute Gasteiger partial charge is 0.496 e. The van der Waals surface area contributed by atoms with Gasteiger partial charge in [-0.25, -0.2) is 9.59 Å². The van der Waals surface area contributed by atoms with E-state index in [1.165, 1.54) is 0 Å². The Morgan fingerprint density at radius 3 is 2.24 bits per heavy atom. The third kappa shape index (κ3) is 8.70. The van der Waals surface area contributed by atoms with Crippen LogP contribution in [-0.2, 0) is 19.1 Å². The van der Waals surface area contributed by atoms with Crippen molar-refractivity contribution < 1.29 is 38.1 Å². The number of hydrogen-bond donors (Lipinski definition) is 2. The fourth-order valence-electron chi connectivity index (χ4n) is 4.97. The minimum absolute atomic E-state index is 0.0830. The van der Waals surface area contributed by atoms with Crippen molar-refractivity contribution in [2.24, 2.45) is 0 Å². The first-order valence-corrected chi connectivity index (χ1v) is 14.2. The number of rotatable bonds is 12. The van der Waals surface area contributed by atoms with Gasteiger partial charge in [0.05, 0.1) is 38.6 Å². The Morgan fingerprint density at radius 1 is 1.02 bits per heavy atom. The number of carbonyl (C=O) groups excluding carboxylic acids is 4. The van der Waals surface area contributed by atoms with E-state index in [-0.39, 0.29) is 31.1 Å². The van der Waals surface area contributed by atoms with E-state index in [1.807, 2.05) is 22.9 Å². The molecular weight excluding hydrogens is 544 g/mol. The van der Waals surface area contributed by atoms with E-state index in [2.05, 4.69) is 15.4 Å². The first kappa shape index (κ1) is 32.4. The number of nitrogens with zero attached hydrogens (tertiary/aromatic N) is 2. The number of hydrogen-bond acceptors (Lipinski definition) is 9. The van der Waals surface area contributed by atoms with E-state index in [0.717, 1.165) is 39.2 Å². The molecule has 3 rings (SSSR count). The summed E-state index contributed by atoms with van der Waals surface area (Å²) < 4.78 is 22.9. The zero-order chi connectivity index (χ0) is 30.9. The number of ketones is 1. The molecule has 2 N–H and O–H groups in total. The van der Waals surface area contributed by atoms with Crippen LogP contribution in [0.1, 0.15) is 82.2 Å². The summed E-state index contributed by atoms with van der Waals surface area (Å²) in [7, 11) is 4.26. The second kappa shape index (κ2) is 14.7. The van der Waals surface area contributed by atoms with E-state index in [9.17, 15) is 19.2 Å². The van der Waals surface area contributed by atoms with Crippen LogP contribution in [0, 0.1) is 0 Å². The second-order valence-corrected chi connectivity index (χ2v) is 11.2. The van der Waals surface area contributed by atoms with Crippen LogP contribution in [0.15, 0.2) is 24.3 Å². The van der Waals surface area contributed by atoms with E-state index in [4.69, 9.17) is 19.3 Å². The quantitative estimate of drug-likeness (QED) is 0.276. The molecule has 1 atom stereocenters. The first-order chi connectivity index (χ1) is 20.0. The average molecular weight is 587 g/mol. The highest BCUT2D eigenvalue weighted by atomic mass is 16.6. The van der Waals surface area contributed by atoms with Gasteiger partial charge in [-0.15, -0.1) is 0 Å². The van der Waals surface area contributed by atoms with Crippen LogP contribution in [-0.4, -0.2) is 73.1 Å². The smallest absolute Gasteiger partial charge is 0.407 e. The lowest BCUT2D eigenvalue weighted by atomic mass is 9.95. The van der Waals surface area contributed by atoms with Crippen molar-refractivity contribution in [3.63, 3.8) is 0 Å². The standard InChI is InChI=1S/C30H42N4O8/c1-30(2,3)42-29(38)31-16-15-19(17-23(35)28(37)41-6)32-27(36)21-18-22(34(33-21)20-11-8-7-9-12-20)26-24(39-4)13-10-14-25(26)40-5/h10,13-14,18-20H,7-9,11-12,15-17H2,1-6H3,(H,31,38)(H,32,36)/t19-/m0/s1. The molecule has 0 saturated heterocycles. The van der Waals surface area contributed by atoms with E-state index < -0.39 is 35.4 Å². The molecule has 230 valence electrons. The van der Waals surface area contributed by atoms with Crippen LogP contribution < -0.4 is 20.1 Å². The van der Waals surface area contributed by atoms with Crippen molar-refractivity contribution >= 4 is 23.8 Å². The Kier molecular flexibility index (Phi) is 11.3. The highest BCUT2D eigenvalue weighted by molar-refractivity contribution is 6.33. The van der Waals surface area contributed by atoms with Gasteiger partial charge < -0.3 is 29.6 Å². The molecule has 2 amide bonds. The molecular formula is C30H42N4O8. The lowest BCUT2D eigenvalue weighted by Crippen LogP contribution is -2.41. The number of alkyl carbamates (subject to hydrolysis) is 1. The molecule has 2 aromatic rings. The molecule has 1 fully saturated rings. The molecule has 0 spiro atoms. The van der Waals surface area contributed by atoms with Crippen LogP contribution in [0.5, 0.6) is 11.5 Å². The maximum absolute atomic E-state index is 13.6. The van der Waals surface area contributed by atoms with Gasteiger partial charge in [0.15, 0.2) is 5.69 Å². The third-order valence-electron chi connectivity index (χ3n) is 6.91. The number of Topliss-reactive ketones (excluding diaryl/α,β-unsaturated/α-hetero) is 1.